The number of nitrogens with zero attached hydrogens (tertiary/aromatic N) is 2. The Morgan fingerprint density at radius 1 is 1.41 bits per heavy atom. The monoisotopic (exact) mass is 300 g/mol. The molecule has 5 nitrogen and oxygen atoms in total. The highest BCUT2D eigenvalue weighted by Gasteiger charge is 2.01. The number of hydrogen-bond donors (Lipinski definition) is 2. The third-order valence-electron chi connectivity index (χ3n) is 2.68. The summed E-state index contributed by atoms with van der Waals surface area (Å²) in [6, 6.07) is 9.41. The van der Waals surface area contributed by atoms with Crippen LogP contribution in [0.25, 0.3) is 0 Å². The zero-order chi connectivity index (χ0) is 15.8. The average Bonchev–Trinajstić information content (AvgIpc) is 2.52. The number of nitrogens with one attached hydrogen (secondary N) is 1. The van der Waals surface area contributed by atoms with Crippen LogP contribution in [0.15, 0.2) is 60.2 Å². The standard InChI is InChI=1S/C16H17FN4O/c1-2-8-19-16(18)21-11-12-6-7-15(20-10-12)22-14-5-3-4-13(17)9-14/h2-7,9-10H,1,8,11H2,(H3,18,19,21). The van der Waals surface area contributed by atoms with Crippen LogP contribution in [0.5, 0.6) is 11.6 Å². The molecule has 0 unspecified atom stereocenters. The van der Waals surface area contributed by atoms with Gasteiger partial charge in [-0.15, -0.1) is 6.58 Å². The first-order valence-electron chi connectivity index (χ1n) is 6.70. The molecule has 114 valence electrons. The number of pyridine rings is 1. The van der Waals surface area contributed by atoms with Crippen molar-refractivity contribution in [1.29, 1.82) is 0 Å². The third kappa shape index (κ3) is 4.90. The minimum Gasteiger partial charge on any atom is -0.439 e. The molecule has 3 N–H and O–H groups in total. The Morgan fingerprint density at radius 3 is 2.95 bits per heavy atom. The van der Waals surface area contributed by atoms with Gasteiger partial charge in [-0.3, -0.25) is 0 Å². The van der Waals surface area contributed by atoms with Crippen molar-refractivity contribution in [3.05, 3.63) is 66.6 Å². The molecule has 0 spiro atoms. The summed E-state index contributed by atoms with van der Waals surface area (Å²) in [6.45, 7) is 4.55. The Kier molecular flexibility index (Phi) is 5.48. The Bertz CT molecular complexity index is 655. The summed E-state index contributed by atoms with van der Waals surface area (Å²) in [5.74, 6) is 0.776. The normalized spacial score (nSPS) is 11.0. The molecule has 1 aromatic heterocycles. The van der Waals surface area contributed by atoms with Crippen LogP contribution < -0.4 is 15.8 Å². The number of halogens is 1. The molecule has 1 aromatic carbocycles. The summed E-state index contributed by atoms with van der Waals surface area (Å²) in [5, 5.41) is 2.88. The van der Waals surface area contributed by atoms with Crippen molar-refractivity contribution < 1.29 is 9.13 Å². The van der Waals surface area contributed by atoms with E-state index in [4.69, 9.17) is 10.5 Å². The predicted molar refractivity (Wildman–Crippen MR) is 84.2 cm³/mol. The van der Waals surface area contributed by atoms with Gasteiger partial charge in [-0.1, -0.05) is 18.2 Å². The van der Waals surface area contributed by atoms with Crippen LogP contribution in [-0.2, 0) is 6.54 Å². The van der Waals surface area contributed by atoms with E-state index < -0.39 is 0 Å². The minimum absolute atomic E-state index is 0.347. The molecular weight excluding hydrogens is 283 g/mol. The number of hydrogen-bond acceptors (Lipinski definition) is 3. The Labute approximate surface area is 128 Å². The van der Waals surface area contributed by atoms with E-state index in [1.165, 1.54) is 12.1 Å². The molecule has 2 rings (SSSR count). The molecule has 0 amide bonds. The van der Waals surface area contributed by atoms with Crippen LogP contribution in [0, 0.1) is 5.82 Å². The fourth-order valence-electron chi connectivity index (χ4n) is 1.63. The van der Waals surface area contributed by atoms with Gasteiger partial charge < -0.3 is 15.8 Å². The first-order valence-corrected chi connectivity index (χ1v) is 6.70. The van der Waals surface area contributed by atoms with Crippen LogP contribution in [0.1, 0.15) is 5.56 Å². The summed E-state index contributed by atoms with van der Waals surface area (Å²) >= 11 is 0. The van der Waals surface area contributed by atoms with Gasteiger partial charge >= 0.3 is 0 Å². The molecule has 22 heavy (non-hydrogen) atoms. The van der Waals surface area contributed by atoms with E-state index in [1.54, 1.807) is 30.5 Å². The lowest BCUT2D eigenvalue weighted by atomic mass is 10.3. The van der Waals surface area contributed by atoms with Gasteiger partial charge in [0, 0.05) is 24.9 Å². The number of guanidine groups is 1. The van der Waals surface area contributed by atoms with E-state index in [-0.39, 0.29) is 5.82 Å². The van der Waals surface area contributed by atoms with Crippen molar-refractivity contribution in [3.63, 3.8) is 0 Å². The van der Waals surface area contributed by atoms with Gasteiger partial charge in [-0.05, 0) is 17.7 Å². The van der Waals surface area contributed by atoms with Crippen LogP contribution in [0.2, 0.25) is 0 Å². The number of rotatable bonds is 6. The summed E-state index contributed by atoms with van der Waals surface area (Å²) in [7, 11) is 0. The van der Waals surface area contributed by atoms with Crippen molar-refractivity contribution in [1.82, 2.24) is 10.3 Å². The van der Waals surface area contributed by atoms with Gasteiger partial charge in [-0.25, -0.2) is 14.4 Å². The number of ether oxygens (including phenoxy) is 1. The van der Waals surface area contributed by atoms with Gasteiger partial charge in [0.2, 0.25) is 5.88 Å². The largest absolute Gasteiger partial charge is 0.439 e. The Balaban J connectivity index is 1.94. The van der Waals surface area contributed by atoms with Crippen molar-refractivity contribution in [3.8, 4) is 11.6 Å². The number of aliphatic imine (C=N–C) groups is 1. The fourth-order valence-corrected chi connectivity index (χ4v) is 1.63. The SMILES string of the molecule is C=CCNC(N)=NCc1ccc(Oc2cccc(F)c2)nc1. The number of nitrogens with two attached hydrogens (primary N) is 1. The average molecular weight is 300 g/mol. The highest BCUT2D eigenvalue weighted by molar-refractivity contribution is 5.77. The van der Waals surface area contributed by atoms with E-state index in [1.807, 2.05) is 6.07 Å². The quantitative estimate of drug-likeness (QED) is 0.488. The van der Waals surface area contributed by atoms with E-state index in [2.05, 4.69) is 21.9 Å². The molecule has 0 aliphatic rings. The molecule has 0 radical (unpaired) electrons. The second-order valence-electron chi connectivity index (χ2n) is 4.44. The molecule has 0 saturated carbocycles. The van der Waals surface area contributed by atoms with Crippen LogP contribution in [0.3, 0.4) is 0 Å². The molecule has 6 heteroatoms. The summed E-state index contributed by atoms with van der Waals surface area (Å²) < 4.78 is 18.5. The first kappa shape index (κ1) is 15.5. The van der Waals surface area contributed by atoms with Crippen molar-refractivity contribution in [2.24, 2.45) is 10.7 Å². The van der Waals surface area contributed by atoms with Gasteiger partial charge in [-0.2, -0.15) is 0 Å². The molecule has 2 aromatic rings. The minimum atomic E-state index is -0.356. The molecule has 0 atom stereocenters. The van der Waals surface area contributed by atoms with E-state index in [9.17, 15) is 4.39 Å². The second kappa shape index (κ2) is 7.78. The first-order chi connectivity index (χ1) is 10.7. The molecule has 0 aliphatic heterocycles. The van der Waals surface area contributed by atoms with Gasteiger partial charge in [0.25, 0.3) is 0 Å². The molecule has 0 aliphatic carbocycles. The van der Waals surface area contributed by atoms with Crippen molar-refractivity contribution in [2.45, 2.75) is 6.54 Å². The number of benzene rings is 1. The lowest BCUT2D eigenvalue weighted by Crippen LogP contribution is -2.31. The Hall–Kier alpha value is -2.89. The highest BCUT2D eigenvalue weighted by atomic mass is 19.1. The zero-order valence-electron chi connectivity index (χ0n) is 12.0. The molecular formula is C16H17FN4O. The van der Waals surface area contributed by atoms with E-state index in [0.717, 1.165) is 5.56 Å². The molecule has 0 fully saturated rings. The molecule has 0 saturated heterocycles. The smallest absolute Gasteiger partial charge is 0.219 e. The van der Waals surface area contributed by atoms with Crippen LogP contribution in [-0.4, -0.2) is 17.5 Å². The maximum atomic E-state index is 13.1. The maximum Gasteiger partial charge on any atom is 0.219 e. The van der Waals surface area contributed by atoms with Gasteiger partial charge in [0.1, 0.15) is 11.6 Å². The van der Waals surface area contributed by atoms with Crippen LogP contribution >= 0.6 is 0 Å². The topological polar surface area (TPSA) is 72.5 Å². The molecule has 0 bridgehead atoms. The van der Waals surface area contributed by atoms with Crippen molar-refractivity contribution in [2.75, 3.05) is 6.54 Å². The highest BCUT2D eigenvalue weighted by Crippen LogP contribution is 2.20. The van der Waals surface area contributed by atoms with Gasteiger partial charge in [0.15, 0.2) is 5.96 Å². The maximum absolute atomic E-state index is 13.1. The lowest BCUT2D eigenvalue weighted by Gasteiger charge is -2.05. The third-order valence-corrected chi connectivity index (χ3v) is 2.68. The van der Waals surface area contributed by atoms with Crippen LogP contribution in [0.4, 0.5) is 4.39 Å². The summed E-state index contributed by atoms with van der Waals surface area (Å²) in [6.07, 6.45) is 3.33. The van der Waals surface area contributed by atoms with Gasteiger partial charge in [0.05, 0.1) is 6.54 Å². The lowest BCUT2D eigenvalue weighted by molar-refractivity contribution is 0.457. The Morgan fingerprint density at radius 2 is 2.27 bits per heavy atom. The van der Waals surface area contributed by atoms with Crippen molar-refractivity contribution >= 4 is 5.96 Å². The summed E-state index contributed by atoms with van der Waals surface area (Å²) in [5.41, 5.74) is 6.55. The molecule has 1 heterocycles. The predicted octanol–water partition coefficient (Wildman–Crippen LogP) is 2.60. The zero-order valence-corrected chi connectivity index (χ0v) is 12.0. The van der Waals surface area contributed by atoms with E-state index >= 15 is 0 Å². The summed E-state index contributed by atoms with van der Waals surface area (Å²) in [4.78, 5) is 8.31. The fraction of sp³-hybridized carbons (Fsp3) is 0.125. The number of aromatic nitrogens is 1. The second-order valence-corrected chi connectivity index (χ2v) is 4.44. The van der Waals surface area contributed by atoms with E-state index in [0.29, 0.717) is 30.7 Å².